The van der Waals surface area contributed by atoms with E-state index < -0.39 is 0 Å². The molecule has 7 aromatic rings. The molecule has 0 N–H and O–H groups in total. The van der Waals surface area contributed by atoms with Crippen LogP contribution in [0.15, 0.2) is 133 Å². The summed E-state index contributed by atoms with van der Waals surface area (Å²) >= 11 is 0. The molecule has 0 amide bonds. The second-order valence-electron chi connectivity index (χ2n) is 8.97. The van der Waals surface area contributed by atoms with Gasteiger partial charge in [-0.25, -0.2) is 0 Å². The average Bonchev–Trinajstić information content (AvgIpc) is 3.10. The third kappa shape index (κ3) is 6.39. The molecule has 0 nitrogen and oxygen atoms in total. The Kier molecular flexibility index (Phi) is 12.3. The lowest BCUT2D eigenvalue weighted by Gasteiger charge is -2.18. The standard InChI is InChI=1S/C34H22.4C2H6/c1-3-11-25-21-27(19-17-23(25)9-1)33-29-13-5-7-15-31(29)34(32-16-8-6-14-30(32)33)28-20-18-24-10-2-4-12-26(24)22-28;4*1-2/h1-22H;4*1-2H3. The van der Waals surface area contributed by atoms with Crippen LogP contribution >= 0.6 is 0 Å². The first kappa shape index (κ1) is 32.1. The van der Waals surface area contributed by atoms with Crippen molar-refractivity contribution in [2.24, 2.45) is 0 Å². The predicted molar refractivity (Wildman–Crippen MR) is 193 cm³/mol. The van der Waals surface area contributed by atoms with Gasteiger partial charge in [-0.3, -0.25) is 0 Å². The molecule has 0 heteroatoms. The van der Waals surface area contributed by atoms with Gasteiger partial charge in [-0.2, -0.15) is 0 Å². The molecule has 0 heterocycles. The van der Waals surface area contributed by atoms with Gasteiger partial charge in [-0.1, -0.05) is 177 Å². The summed E-state index contributed by atoms with van der Waals surface area (Å²) in [7, 11) is 0. The lowest BCUT2D eigenvalue weighted by molar-refractivity contribution is 1.50. The van der Waals surface area contributed by atoms with Crippen molar-refractivity contribution in [3.63, 3.8) is 0 Å². The van der Waals surface area contributed by atoms with Crippen LogP contribution in [0.4, 0.5) is 0 Å². The molecule has 0 aliphatic rings. The summed E-state index contributed by atoms with van der Waals surface area (Å²) in [6, 6.07) is 48.6. The van der Waals surface area contributed by atoms with Crippen LogP contribution in [0, 0.1) is 0 Å². The van der Waals surface area contributed by atoms with Gasteiger partial charge >= 0.3 is 0 Å². The summed E-state index contributed by atoms with van der Waals surface area (Å²) in [5.74, 6) is 0. The van der Waals surface area contributed by atoms with Crippen molar-refractivity contribution in [3.05, 3.63) is 133 Å². The van der Waals surface area contributed by atoms with Crippen LogP contribution in [0.3, 0.4) is 0 Å². The molecular weight excluding hydrogens is 504 g/mol. The fraction of sp³-hybridized carbons (Fsp3) is 0.190. The molecule has 0 saturated carbocycles. The van der Waals surface area contributed by atoms with Crippen LogP contribution in [-0.2, 0) is 0 Å². The van der Waals surface area contributed by atoms with E-state index in [1.54, 1.807) is 0 Å². The monoisotopic (exact) mass is 550 g/mol. The van der Waals surface area contributed by atoms with E-state index in [1.807, 2.05) is 55.4 Å². The number of hydrogen-bond donors (Lipinski definition) is 0. The fourth-order valence-electron chi connectivity index (χ4n) is 5.44. The minimum Gasteiger partial charge on any atom is -0.0683 e. The maximum Gasteiger partial charge on any atom is -0.00262 e. The molecular formula is C42H46. The molecule has 0 atom stereocenters. The van der Waals surface area contributed by atoms with Crippen molar-refractivity contribution in [2.45, 2.75) is 55.4 Å². The summed E-state index contributed by atoms with van der Waals surface area (Å²) in [5.41, 5.74) is 5.13. The summed E-state index contributed by atoms with van der Waals surface area (Å²) in [4.78, 5) is 0. The molecule has 0 aliphatic carbocycles. The van der Waals surface area contributed by atoms with Gasteiger partial charge in [0.15, 0.2) is 0 Å². The van der Waals surface area contributed by atoms with E-state index in [2.05, 4.69) is 133 Å². The lowest BCUT2D eigenvalue weighted by Crippen LogP contribution is -1.91. The molecule has 7 aromatic carbocycles. The minimum atomic E-state index is 1.26. The Morgan fingerprint density at radius 2 is 0.524 bits per heavy atom. The summed E-state index contributed by atoms with van der Waals surface area (Å²) < 4.78 is 0. The zero-order valence-corrected chi connectivity index (χ0v) is 26.7. The smallest absolute Gasteiger partial charge is 0.00262 e. The van der Waals surface area contributed by atoms with Crippen molar-refractivity contribution >= 4 is 43.1 Å². The highest BCUT2D eigenvalue weighted by molar-refractivity contribution is 6.22. The van der Waals surface area contributed by atoms with Crippen molar-refractivity contribution in [1.82, 2.24) is 0 Å². The number of hydrogen-bond acceptors (Lipinski definition) is 0. The fourth-order valence-corrected chi connectivity index (χ4v) is 5.44. The van der Waals surface area contributed by atoms with E-state index in [1.165, 1.54) is 65.3 Å². The van der Waals surface area contributed by atoms with Crippen molar-refractivity contribution < 1.29 is 0 Å². The quantitative estimate of drug-likeness (QED) is 0.188. The lowest BCUT2D eigenvalue weighted by atomic mass is 9.85. The minimum absolute atomic E-state index is 1.26. The van der Waals surface area contributed by atoms with Gasteiger partial charge in [0.1, 0.15) is 0 Å². The summed E-state index contributed by atoms with van der Waals surface area (Å²) in [6.07, 6.45) is 0. The van der Waals surface area contributed by atoms with Gasteiger partial charge < -0.3 is 0 Å². The highest BCUT2D eigenvalue weighted by Crippen LogP contribution is 2.44. The maximum atomic E-state index is 2.33. The first-order valence-corrected chi connectivity index (χ1v) is 15.8. The van der Waals surface area contributed by atoms with Gasteiger partial charge in [0.25, 0.3) is 0 Å². The van der Waals surface area contributed by atoms with Gasteiger partial charge in [-0.05, 0) is 77.5 Å². The topological polar surface area (TPSA) is 0 Å². The third-order valence-electron chi connectivity index (χ3n) is 7.01. The SMILES string of the molecule is CC.CC.CC.CC.c1ccc2cc(-c3c4ccccc4c(-c4ccc5ccccc5c4)c4ccccc34)ccc2c1. The molecule has 0 radical (unpaired) electrons. The molecule has 0 unspecified atom stereocenters. The van der Waals surface area contributed by atoms with Crippen LogP contribution in [-0.4, -0.2) is 0 Å². The Bertz CT molecular complexity index is 1660. The van der Waals surface area contributed by atoms with E-state index in [4.69, 9.17) is 0 Å². The van der Waals surface area contributed by atoms with Gasteiger partial charge in [0.2, 0.25) is 0 Å². The van der Waals surface area contributed by atoms with Crippen LogP contribution in [0.2, 0.25) is 0 Å². The number of fused-ring (bicyclic) bond motifs is 4. The molecule has 0 spiro atoms. The van der Waals surface area contributed by atoms with Crippen molar-refractivity contribution in [3.8, 4) is 22.3 Å². The molecule has 0 aliphatic heterocycles. The molecule has 0 aromatic heterocycles. The predicted octanol–water partition coefficient (Wildman–Crippen LogP) is 13.7. The highest BCUT2D eigenvalue weighted by atomic mass is 14.2. The van der Waals surface area contributed by atoms with E-state index in [-0.39, 0.29) is 0 Å². The number of benzene rings is 7. The number of rotatable bonds is 2. The largest absolute Gasteiger partial charge is 0.0683 e. The third-order valence-corrected chi connectivity index (χ3v) is 7.01. The molecule has 214 valence electrons. The Hall–Kier alpha value is -4.42. The summed E-state index contributed by atoms with van der Waals surface area (Å²) in [6.45, 7) is 16.0. The van der Waals surface area contributed by atoms with Crippen LogP contribution in [0.5, 0.6) is 0 Å². The Morgan fingerprint density at radius 1 is 0.262 bits per heavy atom. The van der Waals surface area contributed by atoms with E-state index in [0.29, 0.717) is 0 Å². The van der Waals surface area contributed by atoms with E-state index in [9.17, 15) is 0 Å². The highest BCUT2D eigenvalue weighted by Gasteiger charge is 2.16. The molecule has 0 bridgehead atoms. The Balaban J connectivity index is 0.000000561. The normalized spacial score (nSPS) is 9.90. The van der Waals surface area contributed by atoms with Crippen LogP contribution in [0.1, 0.15) is 55.4 Å². The van der Waals surface area contributed by atoms with Crippen molar-refractivity contribution in [2.75, 3.05) is 0 Å². The zero-order chi connectivity index (χ0) is 30.5. The molecule has 0 fully saturated rings. The second-order valence-corrected chi connectivity index (χ2v) is 8.97. The van der Waals surface area contributed by atoms with Gasteiger partial charge in [0.05, 0.1) is 0 Å². The van der Waals surface area contributed by atoms with Crippen LogP contribution < -0.4 is 0 Å². The van der Waals surface area contributed by atoms with Crippen LogP contribution in [0.25, 0.3) is 65.3 Å². The van der Waals surface area contributed by atoms with Gasteiger partial charge in [0, 0.05) is 0 Å². The summed E-state index contributed by atoms with van der Waals surface area (Å²) in [5, 5.41) is 10.2. The Morgan fingerprint density at radius 3 is 0.833 bits per heavy atom. The van der Waals surface area contributed by atoms with E-state index in [0.717, 1.165) is 0 Å². The molecule has 7 rings (SSSR count). The first-order chi connectivity index (χ1) is 20.9. The molecule has 42 heavy (non-hydrogen) atoms. The van der Waals surface area contributed by atoms with E-state index >= 15 is 0 Å². The zero-order valence-electron chi connectivity index (χ0n) is 26.7. The average molecular weight is 551 g/mol. The second kappa shape index (κ2) is 16.1. The van der Waals surface area contributed by atoms with Crippen molar-refractivity contribution in [1.29, 1.82) is 0 Å². The molecule has 0 saturated heterocycles. The van der Waals surface area contributed by atoms with Gasteiger partial charge in [-0.15, -0.1) is 0 Å². The maximum absolute atomic E-state index is 2.33. The Labute approximate surface area is 253 Å². The first-order valence-electron chi connectivity index (χ1n) is 15.8.